The molecule has 0 unspecified atom stereocenters. The Labute approximate surface area is 112 Å². The Kier molecular flexibility index (Phi) is 4.49. The van der Waals surface area contributed by atoms with Crippen LogP contribution in [0.2, 0.25) is 0 Å². The summed E-state index contributed by atoms with van der Waals surface area (Å²) in [6, 6.07) is 3.85. The maximum atomic E-state index is 12.0. The second-order valence-corrected chi connectivity index (χ2v) is 4.92. The number of hydrogen-bond acceptors (Lipinski definition) is 3. The van der Waals surface area contributed by atoms with Crippen molar-refractivity contribution in [1.82, 2.24) is 9.88 Å². The molecular formula is C14H19N3O2. The number of likely N-dealkylation sites (tertiary alicyclic amines) is 1. The Morgan fingerprint density at radius 1 is 1.37 bits per heavy atom. The van der Waals surface area contributed by atoms with E-state index in [-0.39, 0.29) is 17.7 Å². The molecular weight excluding hydrogens is 242 g/mol. The molecule has 0 aliphatic carbocycles. The number of carbonyl (C=O) groups excluding carboxylic acids is 2. The molecule has 2 N–H and O–H groups in total. The van der Waals surface area contributed by atoms with Crippen LogP contribution in [0.4, 0.5) is 0 Å². The number of nitrogens with zero attached hydrogens (tertiary/aromatic N) is 2. The molecule has 1 aliphatic heterocycles. The van der Waals surface area contributed by atoms with Gasteiger partial charge in [0.1, 0.15) is 0 Å². The van der Waals surface area contributed by atoms with Gasteiger partial charge in [0, 0.05) is 37.8 Å². The zero-order chi connectivity index (χ0) is 13.7. The minimum absolute atomic E-state index is 0.0672. The van der Waals surface area contributed by atoms with Gasteiger partial charge in [0.25, 0.3) is 0 Å². The molecule has 0 radical (unpaired) electrons. The predicted molar refractivity (Wildman–Crippen MR) is 71.1 cm³/mol. The van der Waals surface area contributed by atoms with E-state index in [2.05, 4.69) is 4.98 Å². The molecule has 0 bridgehead atoms. The minimum atomic E-state index is -0.248. The lowest BCUT2D eigenvalue weighted by Gasteiger charge is -2.30. The highest BCUT2D eigenvalue weighted by atomic mass is 16.2. The van der Waals surface area contributed by atoms with Gasteiger partial charge in [-0.15, -0.1) is 0 Å². The Bertz CT molecular complexity index is 439. The van der Waals surface area contributed by atoms with Gasteiger partial charge < -0.3 is 10.6 Å². The third kappa shape index (κ3) is 3.77. The van der Waals surface area contributed by atoms with E-state index in [1.54, 1.807) is 12.4 Å². The summed E-state index contributed by atoms with van der Waals surface area (Å²) in [5.74, 6) is -0.170. The lowest BCUT2D eigenvalue weighted by Crippen LogP contribution is -2.41. The zero-order valence-electron chi connectivity index (χ0n) is 10.9. The van der Waals surface area contributed by atoms with Gasteiger partial charge in [0.2, 0.25) is 11.8 Å². The van der Waals surface area contributed by atoms with Crippen molar-refractivity contribution in [3.05, 3.63) is 30.1 Å². The Balaban J connectivity index is 1.77. The van der Waals surface area contributed by atoms with Crippen molar-refractivity contribution in [2.45, 2.75) is 25.7 Å². The molecule has 2 amide bonds. The highest BCUT2D eigenvalue weighted by molar-refractivity contribution is 5.79. The third-order valence-electron chi connectivity index (χ3n) is 3.60. The Morgan fingerprint density at radius 3 is 2.68 bits per heavy atom. The Morgan fingerprint density at radius 2 is 2.11 bits per heavy atom. The lowest BCUT2D eigenvalue weighted by molar-refractivity contribution is -0.134. The summed E-state index contributed by atoms with van der Waals surface area (Å²) in [7, 11) is 0. The summed E-state index contributed by atoms with van der Waals surface area (Å²) in [5, 5.41) is 0. The third-order valence-corrected chi connectivity index (χ3v) is 3.60. The van der Waals surface area contributed by atoms with Crippen molar-refractivity contribution in [1.29, 1.82) is 0 Å². The van der Waals surface area contributed by atoms with Crippen molar-refractivity contribution in [3.63, 3.8) is 0 Å². The average molecular weight is 261 g/mol. The molecule has 0 atom stereocenters. The number of nitrogens with two attached hydrogens (primary N) is 1. The molecule has 2 heterocycles. The van der Waals surface area contributed by atoms with E-state index in [4.69, 9.17) is 5.73 Å². The highest BCUT2D eigenvalue weighted by Gasteiger charge is 2.25. The molecule has 1 saturated heterocycles. The summed E-state index contributed by atoms with van der Waals surface area (Å²) in [5.41, 5.74) is 6.35. The highest BCUT2D eigenvalue weighted by Crippen LogP contribution is 2.17. The van der Waals surface area contributed by atoms with Crippen molar-refractivity contribution in [3.8, 4) is 0 Å². The van der Waals surface area contributed by atoms with Crippen molar-refractivity contribution < 1.29 is 9.59 Å². The summed E-state index contributed by atoms with van der Waals surface area (Å²) >= 11 is 0. The quantitative estimate of drug-likeness (QED) is 0.868. The van der Waals surface area contributed by atoms with E-state index in [1.807, 2.05) is 17.0 Å². The number of hydrogen-bond donors (Lipinski definition) is 1. The van der Waals surface area contributed by atoms with Crippen LogP contribution < -0.4 is 5.73 Å². The van der Waals surface area contributed by atoms with E-state index in [9.17, 15) is 9.59 Å². The van der Waals surface area contributed by atoms with Crippen LogP contribution in [0.25, 0.3) is 0 Å². The largest absolute Gasteiger partial charge is 0.369 e. The topological polar surface area (TPSA) is 76.3 Å². The molecule has 1 aliphatic rings. The van der Waals surface area contributed by atoms with Gasteiger partial charge in [-0.1, -0.05) is 6.07 Å². The fourth-order valence-electron chi connectivity index (χ4n) is 2.37. The molecule has 5 nitrogen and oxygen atoms in total. The minimum Gasteiger partial charge on any atom is -0.369 e. The van der Waals surface area contributed by atoms with Gasteiger partial charge in [-0.3, -0.25) is 14.6 Å². The molecule has 1 aromatic rings. The summed E-state index contributed by atoms with van der Waals surface area (Å²) < 4.78 is 0. The lowest BCUT2D eigenvalue weighted by atomic mass is 9.96. The van der Waals surface area contributed by atoms with E-state index in [0.29, 0.717) is 38.8 Å². The summed E-state index contributed by atoms with van der Waals surface area (Å²) in [6.45, 7) is 1.28. The van der Waals surface area contributed by atoms with Crippen LogP contribution >= 0.6 is 0 Å². The van der Waals surface area contributed by atoms with Crippen LogP contribution in [-0.2, 0) is 16.0 Å². The molecule has 0 spiro atoms. The van der Waals surface area contributed by atoms with E-state index < -0.39 is 0 Å². The molecule has 102 valence electrons. The second-order valence-electron chi connectivity index (χ2n) is 4.92. The van der Waals surface area contributed by atoms with Crippen LogP contribution in [0.1, 0.15) is 24.8 Å². The molecule has 19 heavy (non-hydrogen) atoms. The van der Waals surface area contributed by atoms with Gasteiger partial charge >= 0.3 is 0 Å². The van der Waals surface area contributed by atoms with Gasteiger partial charge in [0.15, 0.2) is 0 Å². The first-order chi connectivity index (χ1) is 9.16. The standard InChI is InChI=1S/C14H19N3O2/c15-14(19)12-5-8-17(9-6-12)13(18)4-3-11-2-1-7-16-10-11/h1-2,7,10,12H,3-6,8-9H2,(H2,15,19). The van der Waals surface area contributed by atoms with Gasteiger partial charge in [0.05, 0.1) is 0 Å². The van der Waals surface area contributed by atoms with E-state index in [1.165, 1.54) is 0 Å². The molecule has 2 rings (SSSR count). The predicted octanol–water partition coefficient (Wildman–Crippen LogP) is 0.738. The fourth-order valence-corrected chi connectivity index (χ4v) is 2.37. The maximum Gasteiger partial charge on any atom is 0.222 e. The zero-order valence-corrected chi connectivity index (χ0v) is 10.9. The molecule has 1 fully saturated rings. The number of aromatic nitrogens is 1. The molecule has 0 saturated carbocycles. The SMILES string of the molecule is NC(=O)C1CCN(C(=O)CCc2cccnc2)CC1. The van der Waals surface area contributed by atoms with Crippen LogP contribution in [0.3, 0.4) is 0 Å². The smallest absolute Gasteiger partial charge is 0.222 e. The van der Waals surface area contributed by atoms with E-state index >= 15 is 0 Å². The molecule has 0 aromatic carbocycles. The second kappa shape index (κ2) is 6.31. The number of rotatable bonds is 4. The number of aryl methyl sites for hydroxylation is 1. The normalized spacial score (nSPS) is 16.3. The average Bonchev–Trinajstić information content (AvgIpc) is 2.46. The monoisotopic (exact) mass is 261 g/mol. The summed E-state index contributed by atoms with van der Waals surface area (Å²) in [4.78, 5) is 28.9. The number of pyridine rings is 1. The first-order valence-electron chi connectivity index (χ1n) is 6.63. The number of primary amides is 1. The van der Waals surface area contributed by atoms with Gasteiger partial charge in [-0.25, -0.2) is 0 Å². The van der Waals surface area contributed by atoms with Gasteiger partial charge in [-0.05, 0) is 30.9 Å². The van der Waals surface area contributed by atoms with Crippen molar-refractivity contribution in [2.75, 3.05) is 13.1 Å². The van der Waals surface area contributed by atoms with Crippen molar-refractivity contribution >= 4 is 11.8 Å². The summed E-state index contributed by atoms with van der Waals surface area (Å²) in [6.07, 6.45) is 6.09. The van der Waals surface area contributed by atoms with Crippen molar-refractivity contribution in [2.24, 2.45) is 11.7 Å². The maximum absolute atomic E-state index is 12.0. The van der Waals surface area contributed by atoms with E-state index in [0.717, 1.165) is 5.56 Å². The fraction of sp³-hybridized carbons (Fsp3) is 0.500. The van der Waals surface area contributed by atoms with Gasteiger partial charge in [-0.2, -0.15) is 0 Å². The van der Waals surface area contributed by atoms with Crippen LogP contribution in [0.5, 0.6) is 0 Å². The van der Waals surface area contributed by atoms with Crippen LogP contribution in [0.15, 0.2) is 24.5 Å². The number of piperidine rings is 1. The van der Waals surface area contributed by atoms with Crippen LogP contribution in [0, 0.1) is 5.92 Å². The first-order valence-corrected chi connectivity index (χ1v) is 6.63. The number of amides is 2. The van der Waals surface area contributed by atoms with Crippen LogP contribution in [-0.4, -0.2) is 34.8 Å². The molecule has 1 aromatic heterocycles. The Hall–Kier alpha value is -1.91. The first kappa shape index (κ1) is 13.5. The molecule has 5 heteroatoms. The number of carbonyl (C=O) groups is 2.